The molecule has 0 saturated heterocycles. The Hall–Kier alpha value is -2.04. The average Bonchev–Trinajstić information content (AvgIpc) is 2.95. The van der Waals surface area contributed by atoms with Gasteiger partial charge in [-0.3, -0.25) is 9.59 Å². The van der Waals surface area contributed by atoms with Gasteiger partial charge in [0.15, 0.2) is 0 Å². The highest BCUT2D eigenvalue weighted by Crippen LogP contribution is 2.41. The van der Waals surface area contributed by atoms with Crippen LogP contribution in [0.1, 0.15) is 37.7 Å². The first-order chi connectivity index (χ1) is 10.1. The lowest BCUT2D eigenvalue weighted by molar-refractivity contribution is -0.151. The van der Waals surface area contributed by atoms with Gasteiger partial charge < -0.3 is 15.2 Å². The van der Waals surface area contributed by atoms with Gasteiger partial charge in [0.25, 0.3) is 0 Å². The Morgan fingerprint density at radius 2 is 1.95 bits per heavy atom. The highest BCUT2D eigenvalue weighted by atomic mass is 16.5. The molecule has 2 N–H and O–H groups in total. The summed E-state index contributed by atoms with van der Waals surface area (Å²) in [5.41, 5.74) is 0.00866. The molecule has 0 aliphatic heterocycles. The van der Waals surface area contributed by atoms with E-state index in [1.54, 1.807) is 7.11 Å². The molecule has 21 heavy (non-hydrogen) atoms. The molecule has 0 spiro atoms. The minimum Gasteiger partial charge on any atom is -0.496 e. The topological polar surface area (TPSA) is 75.6 Å². The molecule has 1 amide bonds. The van der Waals surface area contributed by atoms with Crippen molar-refractivity contribution in [3.63, 3.8) is 0 Å². The molecule has 0 unspecified atom stereocenters. The molecule has 1 aliphatic rings. The molecule has 1 fully saturated rings. The van der Waals surface area contributed by atoms with Crippen LogP contribution in [0.3, 0.4) is 0 Å². The van der Waals surface area contributed by atoms with Gasteiger partial charge in [0.2, 0.25) is 5.91 Å². The highest BCUT2D eigenvalue weighted by Gasteiger charge is 2.42. The Balaban J connectivity index is 1.94. The Bertz CT molecular complexity index is 521. The van der Waals surface area contributed by atoms with Crippen molar-refractivity contribution in [2.24, 2.45) is 5.41 Å². The van der Waals surface area contributed by atoms with E-state index in [0.29, 0.717) is 25.1 Å². The van der Waals surface area contributed by atoms with Crippen LogP contribution in [0.15, 0.2) is 24.3 Å². The van der Waals surface area contributed by atoms with Crippen LogP contribution < -0.4 is 10.1 Å². The van der Waals surface area contributed by atoms with Crippen LogP contribution in [0.25, 0.3) is 0 Å². The summed E-state index contributed by atoms with van der Waals surface area (Å²) in [6, 6.07) is 7.45. The number of amides is 1. The fourth-order valence-corrected chi connectivity index (χ4v) is 2.93. The van der Waals surface area contributed by atoms with Crippen LogP contribution in [-0.4, -0.2) is 24.1 Å². The van der Waals surface area contributed by atoms with E-state index in [0.717, 1.165) is 18.4 Å². The van der Waals surface area contributed by atoms with Gasteiger partial charge in [-0.25, -0.2) is 0 Å². The number of carboxylic acids is 1. The van der Waals surface area contributed by atoms with E-state index < -0.39 is 11.4 Å². The molecule has 5 nitrogen and oxygen atoms in total. The molecule has 5 heteroatoms. The van der Waals surface area contributed by atoms with Gasteiger partial charge in [-0.1, -0.05) is 31.0 Å². The van der Waals surface area contributed by atoms with Crippen molar-refractivity contribution >= 4 is 11.9 Å². The van der Waals surface area contributed by atoms with E-state index in [-0.39, 0.29) is 12.3 Å². The number of hydrogen-bond donors (Lipinski definition) is 2. The summed E-state index contributed by atoms with van der Waals surface area (Å²) in [7, 11) is 1.58. The zero-order chi connectivity index (χ0) is 15.3. The van der Waals surface area contributed by atoms with Crippen molar-refractivity contribution in [3.8, 4) is 5.75 Å². The van der Waals surface area contributed by atoms with E-state index in [4.69, 9.17) is 4.74 Å². The highest BCUT2D eigenvalue weighted by molar-refractivity contribution is 5.85. The number of nitrogens with one attached hydrogen (secondary N) is 1. The lowest BCUT2D eigenvalue weighted by Gasteiger charge is -2.23. The van der Waals surface area contributed by atoms with Gasteiger partial charge in [-0.2, -0.15) is 0 Å². The van der Waals surface area contributed by atoms with Crippen molar-refractivity contribution in [1.82, 2.24) is 5.32 Å². The average molecular weight is 291 g/mol. The lowest BCUT2D eigenvalue weighted by Crippen LogP contribution is -2.35. The third-order valence-electron chi connectivity index (χ3n) is 4.18. The van der Waals surface area contributed by atoms with Gasteiger partial charge in [0, 0.05) is 18.5 Å². The van der Waals surface area contributed by atoms with Gasteiger partial charge in [0.05, 0.1) is 12.5 Å². The SMILES string of the molecule is COc1ccccc1CNC(=O)CC1(C(=O)O)CCCC1. The monoisotopic (exact) mass is 291 g/mol. The third kappa shape index (κ3) is 3.54. The molecule has 0 atom stereocenters. The van der Waals surface area contributed by atoms with Crippen molar-refractivity contribution < 1.29 is 19.4 Å². The molecule has 1 aliphatic carbocycles. The molecular formula is C16H21NO4. The molecule has 1 aromatic rings. The molecule has 0 radical (unpaired) electrons. The van der Waals surface area contributed by atoms with E-state index in [2.05, 4.69) is 5.32 Å². The minimum atomic E-state index is -0.870. The standard InChI is InChI=1S/C16H21NO4/c1-21-13-7-3-2-6-12(13)11-17-14(18)10-16(15(19)20)8-4-5-9-16/h2-3,6-7H,4-5,8-11H2,1H3,(H,17,18)(H,19,20). The summed E-state index contributed by atoms with van der Waals surface area (Å²) in [6.45, 7) is 0.346. The molecule has 0 heterocycles. The normalized spacial score (nSPS) is 16.4. The Morgan fingerprint density at radius 1 is 1.29 bits per heavy atom. The van der Waals surface area contributed by atoms with Crippen molar-refractivity contribution in [3.05, 3.63) is 29.8 Å². The van der Waals surface area contributed by atoms with Crippen LogP contribution in [0.4, 0.5) is 0 Å². The zero-order valence-electron chi connectivity index (χ0n) is 12.2. The summed E-state index contributed by atoms with van der Waals surface area (Å²) >= 11 is 0. The number of carboxylic acid groups (broad SMARTS) is 1. The second-order valence-corrected chi connectivity index (χ2v) is 5.56. The number of carbonyl (C=O) groups excluding carboxylic acids is 1. The number of ether oxygens (including phenoxy) is 1. The summed E-state index contributed by atoms with van der Waals surface area (Å²) in [4.78, 5) is 23.5. The molecule has 1 saturated carbocycles. The van der Waals surface area contributed by atoms with E-state index >= 15 is 0 Å². The second kappa shape index (κ2) is 6.61. The lowest BCUT2D eigenvalue weighted by atomic mass is 9.82. The molecule has 2 rings (SSSR count). The fraction of sp³-hybridized carbons (Fsp3) is 0.500. The molecule has 114 valence electrons. The Morgan fingerprint density at radius 3 is 2.57 bits per heavy atom. The second-order valence-electron chi connectivity index (χ2n) is 5.56. The van der Waals surface area contributed by atoms with Crippen LogP contribution in [-0.2, 0) is 16.1 Å². The number of benzene rings is 1. The molecule has 1 aromatic carbocycles. The van der Waals surface area contributed by atoms with Crippen LogP contribution in [0.5, 0.6) is 5.75 Å². The number of hydrogen-bond acceptors (Lipinski definition) is 3. The zero-order valence-corrected chi connectivity index (χ0v) is 12.2. The summed E-state index contributed by atoms with van der Waals surface area (Å²) in [5, 5.41) is 12.2. The maximum Gasteiger partial charge on any atom is 0.310 e. The van der Waals surface area contributed by atoms with E-state index in [1.807, 2.05) is 24.3 Å². The predicted octanol–water partition coefficient (Wildman–Crippen LogP) is 2.35. The number of aliphatic carboxylic acids is 1. The number of methoxy groups -OCH3 is 1. The van der Waals surface area contributed by atoms with Crippen LogP contribution >= 0.6 is 0 Å². The van der Waals surface area contributed by atoms with Gasteiger partial charge >= 0.3 is 5.97 Å². The predicted molar refractivity (Wildman–Crippen MR) is 78.0 cm³/mol. The maximum absolute atomic E-state index is 12.1. The maximum atomic E-state index is 12.1. The van der Waals surface area contributed by atoms with Gasteiger partial charge in [-0.15, -0.1) is 0 Å². The quantitative estimate of drug-likeness (QED) is 0.843. The van der Waals surface area contributed by atoms with Crippen molar-refractivity contribution in [1.29, 1.82) is 0 Å². The van der Waals surface area contributed by atoms with Crippen molar-refractivity contribution in [2.45, 2.75) is 38.6 Å². The summed E-state index contributed by atoms with van der Waals surface area (Å²) in [5.74, 6) is -0.357. The van der Waals surface area contributed by atoms with E-state index in [9.17, 15) is 14.7 Å². The first kappa shape index (κ1) is 15.4. The first-order valence-corrected chi connectivity index (χ1v) is 7.19. The molecular weight excluding hydrogens is 270 g/mol. The van der Waals surface area contributed by atoms with E-state index in [1.165, 1.54) is 0 Å². The smallest absolute Gasteiger partial charge is 0.310 e. The van der Waals surface area contributed by atoms with Gasteiger partial charge in [0.1, 0.15) is 5.75 Å². The first-order valence-electron chi connectivity index (χ1n) is 7.19. The minimum absolute atomic E-state index is 0.0531. The van der Waals surface area contributed by atoms with Crippen LogP contribution in [0, 0.1) is 5.41 Å². The fourth-order valence-electron chi connectivity index (χ4n) is 2.93. The number of carbonyl (C=O) groups is 2. The third-order valence-corrected chi connectivity index (χ3v) is 4.18. The number of para-hydroxylation sites is 1. The number of rotatable bonds is 6. The van der Waals surface area contributed by atoms with Crippen molar-refractivity contribution in [2.75, 3.05) is 7.11 Å². The summed E-state index contributed by atoms with van der Waals surface area (Å²) < 4.78 is 5.22. The van der Waals surface area contributed by atoms with Crippen LogP contribution in [0.2, 0.25) is 0 Å². The Kier molecular flexibility index (Phi) is 4.83. The molecule has 0 bridgehead atoms. The van der Waals surface area contributed by atoms with Gasteiger partial charge in [-0.05, 0) is 18.9 Å². The summed E-state index contributed by atoms with van der Waals surface area (Å²) in [6.07, 6.45) is 2.99. The largest absolute Gasteiger partial charge is 0.496 e. The Labute approximate surface area is 124 Å². The molecule has 0 aromatic heterocycles.